The van der Waals surface area contributed by atoms with Crippen molar-refractivity contribution < 1.29 is 9.53 Å². The van der Waals surface area contributed by atoms with E-state index in [9.17, 15) is 4.79 Å². The third-order valence-electron chi connectivity index (χ3n) is 4.52. The van der Waals surface area contributed by atoms with Crippen LogP contribution in [0.2, 0.25) is 0 Å². The van der Waals surface area contributed by atoms with Crippen molar-refractivity contribution in [2.45, 2.75) is 42.0 Å². The molecule has 0 atom stereocenters. The number of carbonyl (C=O) groups is 1. The number of benzene rings is 2. The maximum atomic E-state index is 12.5. The van der Waals surface area contributed by atoms with Crippen LogP contribution < -0.4 is 11.1 Å². The van der Waals surface area contributed by atoms with Gasteiger partial charge in [-0.1, -0.05) is 23.9 Å². The van der Waals surface area contributed by atoms with Crippen molar-refractivity contribution >= 4 is 23.4 Å². The Morgan fingerprint density at radius 2 is 1.80 bits per heavy atom. The molecule has 132 valence electrons. The molecule has 1 amide bonds. The number of carbonyl (C=O) groups excluding carboxylic acids is 1. The van der Waals surface area contributed by atoms with E-state index in [0.717, 1.165) is 10.6 Å². The molecule has 3 rings (SSSR count). The summed E-state index contributed by atoms with van der Waals surface area (Å²) in [6.45, 7) is 5.29. The molecule has 0 bridgehead atoms. The van der Waals surface area contributed by atoms with Crippen LogP contribution in [-0.2, 0) is 9.53 Å². The van der Waals surface area contributed by atoms with Gasteiger partial charge in [0.25, 0.3) is 0 Å². The highest BCUT2D eigenvalue weighted by Gasteiger charge is 2.35. The Kier molecular flexibility index (Phi) is 5.47. The van der Waals surface area contributed by atoms with Crippen molar-refractivity contribution in [3.05, 3.63) is 53.6 Å². The van der Waals surface area contributed by atoms with E-state index in [2.05, 4.69) is 37.4 Å². The quantitative estimate of drug-likeness (QED) is 0.872. The SMILES string of the molecule is Cc1ccc(C)c(Sc2ccc(NC(=O)C3(N)CCOCC3)cc2)c1. The fraction of sp³-hybridized carbons (Fsp3) is 0.350. The Bertz CT molecular complexity index is 753. The summed E-state index contributed by atoms with van der Waals surface area (Å²) in [5.41, 5.74) is 8.67. The van der Waals surface area contributed by atoms with E-state index in [4.69, 9.17) is 10.5 Å². The van der Waals surface area contributed by atoms with Gasteiger partial charge in [0, 0.05) is 28.7 Å². The molecule has 2 aromatic rings. The second-order valence-electron chi connectivity index (χ2n) is 6.62. The predicted molar refractivity (Wildman–Crippen MR) is 102 cm³/mol. The van der Waals surface area contributed by atoms with Gasteiger partial charge < -0.3 is 15.8 Å². The van der Waals surface area contributed by atoms with Gasteiger partial charge in [-0.3, -0.25) is 4.79 Å². The molecule has 0 saturated carbocycles. The van der Waals surface area contributed by atoms with Crippen molar-refractivity contribution in [1.82, 2.24) is 0 Å². The first-order chi connectivity index (χ1) is 12.0. The second kappa shape index (κ2) is 7.60. The lowest BCUT2D eigenvalue weighted by atomic mass is 9.90. The molecule has 1 aliphatic heterocycles. The predicted octanol–water partition coefficient (Wildman–Crippen LogP) is 3.90. The average molecular weight is 356 g/mol. The van der Waals surface area contributed by atoms with Gasteiger partial charge >= 0.3 is 0 Å². The zero-order valence-electron chi connectivity index (χ0n) is 14.7. The van der Waals surface area contributed by atoms with E-state index >= 15 is 0 Å². The minimum atomic E-state index is -0.829. The van der Waals surface area contributed by atoms with E-state index in [1.54, 1.807) is 11.8 Å². The Hall–Kier alpha value is -1.82. The first-order valence-electron chi connectivity index (χ1n) is 8.49. The monoisotopic (exact) mass is 356 g/mol. The topological polar surface area (TPSA) is 64.4 Å². The molecule has 4 nitrogen and oxygen atoms in total. The van der Waals surface area contributed by atoms with Crippen LogP contribution in [0.1, 0.15) is 24.0 Å². The van der Waals surface area contributed by atoms with Gasteiger partial charge in [0.2, 0.25) is 5.91 Å². The smallest absolute Gasteiger partial charge is 0.244 e. The standard InChI is InChI=1S/C20H24N2O2S/c1-14-3-4-15(2)18(13-14)25-17-7-5-16(6-8-17)22-19(23)20(21)9-11-24-12-10-20/h3-8,13H,9-12,21H2,1-2H3,(H,22,23). The van der Waals surface area contributed by atoms with E-state index in [-0.39, 0.29) is 5.91 Å². The molecule has 0 aromatic heterocycles. The fourth-order valence-corrected chi connectivity index (χ4v) is 3.77. The minimum absolute atomic E-state index is 0.134. The lowest BCUT2D eigenvalue weighted by Crippen LogP contribution is -2.54. The van der Waals surface area contributed by atoms with Crippen LogP contribution in [0.25, 0.3) is 0 Å². The Morgan fingerprint density at radius 1 is 1.12 bits per heavy atom. The van der Waals surface area contributed by atoms with Crippen molar-refractivity contribution in [2.24, 2.45) is 5.73 Å². The molecule has 2 aromatic carbocycles. The van der Waals surface area contributed by atoms with Gasteiger partial charge in [-0.25, -0.2) is 0 Å². The van der Waals surface area contributed by atoms with Crippen molar-refractivity contribution in [1.29, 1.82) is 0 Å². The number of nitrogens with one attached hydrogen (secondary N) is 1. The normalized spacial score (nSPS) is 16.4. The van der Waals surface area contributed by atoms with Crippen LogP contribution >= 0.6 is 11.8 Å². The highest BCUT2D eigenvalue weighted by Crippen LogP contribution is 2.31. The summed E-state index contributed by atoms with van der Waals surface area (Å²) < 4.78 is 5.29. The van der Waals surface area contributed by atoms with E-state index in [1.165, 1.54) is 16.0 Å². The summed E-state index contributed by atoms with van der Waals surface area (Å²) in [4.78, 5) is 14.8. The van der Waals surface area contributed by atoms with Crippen LogP contribution in [0, 0.1) is 13.8 Å². The third kappa shape index (κ3) is 4.42. The summed E-state index contributed by atoms with van der Waals surface area (Å²) in [6.07, 6.45) is 1.11. The molecular formula is C20H24N2O2S. The number of anilines is 1. The van der Waals surface area contributed by atoms with Gasteiger partial charge in [-0.2, -0.15) is 0 Å². The summed E-state index contributed by atoms with van der Waals surface area (Å²) in [5, 5.41) is 2.93. The number of hydrogen-bond donors (Lipinski definition) is 2. The zero-order valence-corrected chi connectivity index (χ0v) is 15.5. The van der Waals surface area contributed by atoms with Crippen LogP contribution in [0.5, 0.6) is 0 Å². The summed E-state index contributed by atoms with van der Waals surface area (Å²) in [7, 11) is 0. The second-order valence-corrected chi connectivity index (χ2v) is 7.73. The van der Waals surface area contributed by atoms with E-state index < -0.39 is 5.54 Å². The van der Waals surface area contributed by atoms with Gasteiger partial charge in [0.15, 0.2) is 0 Å². The summed E-state index contributed by atoms with van der Waals surface area (Å²) in [5.74, 6) is -0.134. The number of nitrogens with two attached hydrogens (primary N) is 1. The lowest BCUT2D eigenvalue weighted by Gasteiger charge is -2.31. The third-order valence-corrected chi connectivity index (χ3v) is 5.69. The maximum absolute atomic E-state index is 12.5. The highest BCUT2D eigenvalue weighted by molar-refractivity contribution is 7.99. The zero-order chi connectivity index (χ0) is 17.9. The van der Waals surface area contributed by atoms with Crippen molar-refractivity contribution in [3.8, 4) is 0 Å². The lowest BCUT2D eigenvalue weighted by molar-refractivity contribution is -0.124. The van der Waals surface area contributed by atoms with E-state index in [0.29, 0.717) is 26.1 Å². The van der Waals surface area contributed by atoms with Gasteiger partial charge in [-0.15, -0.1) is 0 Å². The van der Waals surface area contributed by atoms with Gasteiger partial charge in [-0.05, 0) is 68.1 Å². The van der Waals surface area contributed by atoms with Crippen LogP contribution in [0.4, 0.5) is 5.69 Å². The fourth-order valence-electron chi connectivity index (χ4n) is 2.77. The number of hydrogen-bond acceptors (Lipinski definition) is 4. The molecule has 25 heavy (non-hydrogen) atoms. The maximum Gasteiger partial charge on any atom is 0.244 e. The van der Waals surface area contributed by atoms with Crippen LogP contribution in [0.3, 0.4) is 0 Å². The molecular weight excluding hydrogens is 332 g/mol. The van der Waals surface area contributed by atoms with Crippen LogP contribution in [0.15, 0.2) is 52.3 Å². The first-order valence-corrected chi connectivity index (χ1v) is 9.31. The summed E-state index contributed by atoms with van der Waals surface area (Å²) in [6, 6.07) is 14.4. The molecule has 1 saturated heterocycles. The molecule has 1 heterocycles. The molecule has 0 spiro atoms. The molecule has 1 aliphatic rings. The summed E-state index contributed by atoms with van der Waals surface area (Å²) >= 11 is 1.73. The minimum Gasteiger partial charge on any atom is -0.381 e. The molecule has 5 heteroatoms. The van der Waals surface area contributed by atoms with E-state index in [1.807, 2.05) is 24.3 Å². The van der Waals surface area contributed by atoms with Crippen molar-refractivity contribution in [2.75, 3.05) is 18.5 Å². The van der Waals surface area contributed by atoms with Crippen LogP contribution in [-0.4, -0.2) is 24.7 Å². The molecule has 0 unspecified atom stereocenters. The van der Waals surface area contributed by atoms with Gasteiger partial charge in [0.05, 0.1) is 0 Å². The number of aryl methyl sites for hydroxylation is 2. The molecule has 0 aliphatic carbocycles. The van der Waals surface area contributed by atoms with Crippen molar-refractivity contribution in [3.63, 3.8) is 0 Å². The Labute approximate surface area is 153 Å². The molecule has 0 radical (unpaired) electrons. The number of rotatable bonds is 4. The first kappa shape index (κ1) is 18.0. The molecule has 1 fully saturated rings. The Morgan fingerprint density at radius 3 is 2.48 bits per heavy atom. The number of amides is 1. The average Bonchev–Trinajstić information content (AvgIpc) is 2.60. The van der Waals surface area contributed by atoms with Gasteiger partial charge in [0.1, 0.15) is 5.54 Å². The Balaban J connectivity index is 1.66. The largest absolute Gasteiger partial charge is 0.381 e. The molecule has 3 N–H and O–H groups in total. The number of ether oxygens (including phenoxy) is 1. The highest BCUT2D eigenvalue weighted by atomic mass is 32.2.